The maximum atomic E-state index is 13.6. The van der Waals surface area contributed by atoms with Crippen LogP contribution in [0, 0.1) is 0 Å². The SMILES string of the molecule is COc1cc2ccc1CNC(=O)COc1cccc(c1)-c1cncc(c1)C(=O)N[C@H]1CN(C(=O)c3ccc4cc[nH]c4n3)C[C@@H]1O2. The topological polar surface area (TPSA) is 148 Å². The van der Waals surface area contributed by atoms with Gasteiger partial charge in [0.1, 0.15) is 34.7 Å². The summed E-state index contributed by atoms with van der Waals surface area (Å²) in [5, 5.41) is 6.84. The lowest BCUT2D eigenvalue weighted by molar-refractivity contribution is -0.123. The van der Waals surface area contributed by atoms with Crippen molar-refractivity contribution in [1.29, 1.82) is 0 Å². The van der Waals surface area contributed by atoms with Crippen molar-refractivity contribution in [2.75, 3.05) is 26.8 Å². The van der Waals surface area contributed by atoms with Gasteiger partial charge in [-0.05, 0) is 54.1 Å². The van der Waals surface area contributed by atoms with Gasteiger partial charge in [-0.1, -0.05) is 12.1 Å². The Morgan fingerprint density at radius 3 is 2.74 bits per heavy atom. The number of aromatic amines is 1. The van der Waals surface area contributed by atoms with Crippen molar-refractivity contribution in [3.63, 3.8) is 0 Å². The number of carbonyl (C=O) groups excluding carboxylic acids is 3. The number of ether oxygens (including phenoxy) is 3. The highest BCUT2D eigenvalue weighted by molar-refractivity contribution is 5.96. The van der Waals surface area contributed by atoms with Crippen LogP contribution in [0.15, 0.2) is 85.3 Å². The van der Waals surface area contributed by atoms with E-state index in [4.69, 9.17) is 14.2 Å². The van der Waals surface area contributed by atoms with Gasteiger partial charge in [-0.2, -0.15) is 0 Å². The Morgan fingerprint density at radius 1 is 0.957 bits per heavy atom. The molecule has 1 saturated heterocycles. The predicted molar refractivity (Wildman–Crippen MR) is 168 cm³/mol. The average molecular weight is 619 g/mol. The number of carbonyl (C=O) groups is 3. The maximum absolute atomic E-state index is 13.6. The van der Waals surface area contributed by atoms with Crippen molar-refractivity contribution in [2.24, 2.45) is 0 Å². The van der Waals surface area contributed by atoms with E-state index >= 15 is 0 Å². The van der Waals surface area contributed by atoms with Gasteiger partial charge in [-0.3, -0.25) is 19.4 Å². The molecule has 3 aromatic heterocycles. The third-order valence-electron chi connectivity index (χ3n) is 8.06. The van der Waals surface area contributed by atoms with Gasteiger partial charge in [0.2, 0.25) is 0 Å². The molecular formula is C34H30N6O6. The van der Waals surface area contributed by atoms with E-state index in [1.54, 1.807) is 59.8 Å². The smallest absolute Gasteiger partial charge is 0.272 e. The first kappa shape index (κ1) is 28.8. The number of methoxy groups -OCH3 is 1. The summed E-state index contributed by atoms with van der Waals surface area (Å²) >= 11 is 0. The van der Waals surface area contributed by atoms with Gasteiger partial charge in [0.15, 0.2) is 6.61 Å². The highest BCUT2D eigenvalue weighted by atomic mass is 16.5. The molecule has 3 N–H and O–H groups in total. The minimum atomic E-state index is -0.590. The van der Waals surface area contributed by atoms with Crippen molar-refractivity contribution in [1.82, 2.24) is 30.5 Å². The zero-order chi connectivity index (χ0) is 31.6. The lowest BCUT2D eigenvalue weighted by Gasteiger charge is -2.22. The number of H-pyrrole nitrogens is 1. The molecule has 0 spiro atoms. The van der Waals surface area contributed by atoms with Crippen LogP contribution in [-0.2, 0) is 11.3 Å². The van der Waals surface area contributed by atoms with Crippen molar-refractivity contribution >= 4 is 28.8 Å². The second kappa shape index (κ2) is 12.2. The van der Waals surface area contributed by atoms with Crippen LogP contribution in [0.2, 0.25) is 0 Å². The van der Waals surface area contributed by atoms with Crippen LogP contribution in [0.5, 0.6) is 17.2 Å². The molecule has 12 heteroatoms. The first-order chi connectivity index (χ1) is 22.4. The molecule has 5 aromatic rings. The van der Waals surface area contributed by atoms with Gasteiger partial charge in [-0.25, -0.2) is 4.98 Å². The molecule has 3 aliphatic rings. The number of rotatable bonds is 2. The number of likely N-dealkylation sites (tertiary alicyclic amines) is 1. The van der Waals surface area contributed by atoms with Crippen LogP contribution >= 0.6 is 0 Å². The van der Waals surface area contributed by atoms with Crippen LogP contribution < -0.4 is 24.8 Å². The van der Waals surface area contributed by atoms with Crippen molar-refractivity contribution in [3.05, 3.63) is 102 Å². The largest absolute Gasteiger partial charge is 0.496 e. The third kappa shape index (κ3) is 5.92. The first-order valence-corrected chi connectivity index (χ1v) is 14.8. The number of nitrogens with zero attached hydrogens (tertiary/aromatic N) is 3. The molecule has 3 aliphatic heterocycles. The van der Waals surface area contributed by atoms with Gasteiger partial charge in [-0.15, -0.1) is 0 Å². The molecule has 6 heterocycles. The van der Waals surface area contributed by atoms with Gasteiger partial charge < -0.3 is 34.7 Å². The molecule has 0 radical (unpaired) electrons. The Balaban J connectivity index is 1.22. The molecule has 0 aliphatic carbocycles. The second-order valence-electron chi connectivity index (χ2n) is 11.1. The number of amides is 3. The molecule has 46 heavy (non-hydrogen) atoms. The van der Waals surface area contributed by atoms with Crippen LogP contribution in [0.25, 0.3) is 22.2 Å². The molecule has 232 valence electrons. The molecule has 0 saturated carbocycles. The fourth-order valence-electron chi connectivity index (χ4n) is 5.66. The highest BCUT2D eigenvalue weighted by Gasteiger charge is 2.39. The molecule has 2 aromatic carbocycles. The zero-order valence-corrected chi connectivity index (χ0v) is 24.9. The number of nitrogens with one attached hydrogen (secondary N) is 3. The minimum absolute atomic E-state index is 0.180. The number of hydrogen-bond donors (Lipinski definition) is 3. The van der Waals surface area contributed by atoms with E-state index in [0.29, 0.717) is 34.0 Å². The van der Waals surface area contributed by atoms with Crippen molar-refractivity contribution < 1.29 is 28.6 Å². The number of aromatic nitrogens is 3. The highest BCUT2D eigenvalue weighted by Crippen LogP contribution is 2.29. The number of pyridine rings is 2. The van der Waals surface area contributed by atoms with Crippen LogP contribution in [0.3, 0.4) is 0 Å². The van der Waals surface area contributed by atoms with Gasteiger partial charge >= 0.3 is 0 Å². The van der Waals surface area contributed by atoms with Gasteiger partial charge in [0.05, 0.1) is 25.3 Å². The zero-order valence-electron chi connectivity index (χ0n) is 24.9. The normalized spacial score (nSPS) is 18.2. The summed E-state index contributed by atoms with van der Waals surface area (Å²) in [5.74, 6) is 0.557. The number of benzene rings is 2. The van der Waals surface area contributed by atoms with Crippen molar-refractivity contribution in [2.45, 2.75) is 18.7 Å². The lowest BCUT2D eigenvalue weighted by Crippen LogP contribution is -2.45. The average Bonchev–Trinajstić information content (AvgIpc) is 3.72. The molecule has 2 atom stereocenters. The standard InChI is InChI=1S/C34H30N6O6/c1-44-29-13-26-7-5-22(29)16-37-31(41)19-45-25-4-2-3-21(12-25)23-11-24(15-35-14-23)33(42)39-28-17-40(18-30(28)46-26)34(43)27-8-6-20-9-10-36-32(20)38-27/h2-15,28,30H,16-19H2,1H3,(H,36,38)(H,37,41)(H,39,42)/t28-,30-/m0/s1. The Kier molecular flexibility index (Phi) is 7.67. The molecule has 1 fully saturated rings. The Hall–Kier alpha value is -5.91. The maximum Gasteiger partial charge on any atom is 0.272 e. The fraction of sp³-hybridized carbons (Fsp3) is 0.206. The van der Waals surface area contributed by atoms with E-state index in [-0.39, 0.29) is 49.7 Å². The summed E-state index contributed by atoms with van der Waals surface area (Å²) in [6.45, 7) is 0.444. The summed E-state index contributed by atoms with van der Waals surface area (Å²) in [7, 11) is 1.54. The molecule has 8 rings (SSSR count). The van der Waals surface area contributed by atoms with E-state index in [9.17, 15) is 14.4 Å². The molecule has 0 unspecified atom stereocenters. The summed E-state index contributed by atoms with van der Waals surface area (Å²) in [6, 6.07) is 19.1. The van der Waals surface area contributed by atoms with Crippen LogP contribution in [0.4, 0.5) is 0 Å². The predicted octanol–water partition coefficient (Wildman–Crippen LogP) is 3.34. The van der Waals surface area contributed by atoms with E-state index < -0.39 is 12.1 Å². The molecule has 12 nitrogen and oxygen atoms in total. The van der Waals surface area contributed by atoms with Gasteiger partial charge in [0, 0.05) is 54.3 Å². The monoisotopic (exact) mass is 618 g/mol. The van der Waals surface area contributed by atoms with Crippen LogP contribution in [-0.4, -0.2) is 76.5 Å². The summed E-state index contributed by atoms with van der Waals surface area (Å²) in [6.07, 6.45) is 4.32. The van der Waals surface area contributed by atoms with E-state index in [1.165, 1.54) is 13.3 Å². The fourth-order valence-corrected chi connectivity index (χ4v) is 5.66. The first-order valence-electron chi connectivity index (χ1n) is 14.8. The lowest BCUT2D eigenvalue weighted by atomic mass is 10.1. The minimum Gasteiger partial charge on any atom is -0.496 e. The Morgan fingerprint density at radius 2 is 1.85 bits per heavy atom. The van der Waals surface area contributed by atoms with Gasteiger partial charge in [0.25, 0.3) is 17.7 Å². The molecular weight excluding hydrogens is 588 g/mol. The second-order valence-corrected chi connectivity index (χ2v) is 11.1. The summed E-state index contributed by atoms with van der Waals surface area (Å²) in [5.41, 5.74) is 3.45. The Bertz CT molecular complexity index is 1960. The number of hydrogen-bond acceptors (Lipinski definition) is 8. The van der Waals surface area contributed by atoms with E-state index in [1.807, 2.05) is 24.3 Å². The third-order valence-corrected chi connectivity index (χ3v) is 8.06. The van der Waals surface area contributed by atoms with E-state index in [2.05, 4.69) is 25.6 Å². The van der Waals surface area contributed by atoms with Crippen molar-refractivity contribution in [3.8, 4) is 28.4 Å². The number of fused-ring (bicyclic) bond motifs is 8. The molecule has 6 bridgehead atoms. The van der Waals surface area contributed by atoms with E-state index in [0.717, 1.165) is 16.5 Å². The summed E-state index contributed by atoms with van der Waals surface area (Å²) in [4.78, 5) is 53.3. The van der Waals surface area contributed by atoms with Crippen LogP contribution in [0.1, 0.15) is 26.4 Å². The summed E-state index contributed by atoms with van der Waals surface area (Å²) < 4.78 is 17.7. The Labute approximate surface area is 263 Å². The molecule has 3 amide bonds. The quantitative estimate of drug-likeness (QED) is 0.273.